The zero-order valence-electron chi connectivity index (χ0n) is 14.5. The van der Waals surface area contributed by atoms with Crippen molar-refractivity contribution in [3.05, 3.63) is 35.4 Å². The van der Waals surface area contributed by atoms with Crippen LogP contribution in [0.1, 0.15) is 31.2 Å². The van der Waals surface area contributed by atoms with Crippen LogP contribution in [0.3, 0.4) is 0 Å². The van der Waals surface area contributed by atoms with Crippen LogP contribution in [0.25, 0.3) is 0 Å². The normalized spacial score (nSPS) is 26.6. The topological polar surface area (TPSA) is 59.0 Å². The summed E-state index contributed by atoms with van der Waals surface area (Å²) in [5.41, 5.74) is 2.31. The quantitative estimate of drug-likeness (QED) is 0.841. The van der Waals surface area contributed by atoms with Crippen LogP contribution >= 0.6 is 0 Å². The zero-order chi connectivity index (χ0) is 17.3. The summed E-state index contributed by atoms with van der Waals surface area (Å²) in [6.07, 6.45) is 5.20. The van der Waals surface area contributed by atoms with Crippen molar-refractivity contribution in [2.24, 2.45) is 0 Å². The number of aliphatic carboxylic acids is 1. The number of nitrogens with zero attached hydrogens (tertiary/aromatic N) is 1. The van der Waals surface area contributed by atoms with Gasteiger partial charge in [-0.1, -0.05) is 17.7 Å². The molecule has 130 valence electrons. The third kappa shape index (κ3) is 2.77. The second-order valence-corrected chi connectivity index (χ2v) is 6.80. The lowest BCUT2D eigenvalue weighted by molar-refractivity contribution is -0.136. The molecule has 2 aliphatic rings. The molecule has 5 nitrogen and oxygen atoms in total. The zero-order valence-corrected chi connectivity index (χ0v) is 14.5. The molecule has 5 heteroatoms. The van der Waals surface area contributed by atoms with Crippen molar-refractivity contribution >= 4 is 5.97 Å². The highest BCUT2D eigenvalue weighted by molar-refractivity contribution is 5.70. The largest absolute Gasteiger partial charge is 0.493 e. The molecule has 0 saturated carbocycles. The highest BCUT2D eigenvalue weighted by Gasteiger charge is 2.48. The van der Waals surface area contributed by atoms with Crippen LogP contribution in [0, 0.1) is 0 Å². The number of fused-ring (bicyclic) bond motifs is 1. The molecule has 1 aliphatic heterocycles. The number of carboxylic acids is 1. The standard InChI is InChI=1S/C19H25NO4/c1-20-9-8-19(7-6-13(10-17(19)20)11-18(21)22)14-4-5-15(23-2)16(12-14)24-3/h4-5,10,12,17H,6-9,11H2,1-3H3,(H,21,22)/t17-,19-/m0/s1. The van der Waals surface area contributed by atoms with E-state index in [1.165, 1.54) is 5.56 Å². The molecule has 0 radical (unpaired) electrons. The van der Waals surface area contributed by atoms with Gasteiger partial charge >= 0.3 is 5.97 Å². The van der Waals surface area contributed by atoms with E-state index in [0.29, 0.717) is 0 Å². The van der Waals surface area contributed by atoms with Gasteiger partial charge < -0.3 is 14.6 Å². The average molecular weight is 331 g/mol. The number of likely N-dealkylation sites (tertiary alicyclic amines) is 1. The highest BCUT2D eigenvalue weighted by Crippen LogP contribution is 2.49. The number of ether oxygens (including phenoxy) is 2. The summed E-state index contributed by atoms with van der Waals surface area (Å²) in [6.45, 7) is 1.01. The fourth-order valence-electron chi connectivity index (χ4n) is 4.28. The van der Waals surface area contributed by atoms with E-state index in [-0.39, 0.29) is 17.9 Å². The third-order valence-corrected chi connectivity index (χ3v) is 5.57. The lowest BCUT2D eigenvalue weighted by Gasteiger charge is -2.40. The van der Waals surface area contributed by atoms with Gasteiger partial charge in [0.25, 0.3) is 0 Å². The third-order valence-electron chi connectivity index (χ3n) is 5.57. The minimum Gasteiger partial charge on any atom is -0.493 e. The maximum absolute atomic E-state index is 11.1. The van der Waals surface area contributed by atoms with Gasteiger partial charge in [-0.3, -0.25) is 9.69 Å². The van der Waals surface area contributed by atoms with Crippen LogP contribution in [-0.4, -0.2) is 49.8 Å². The monoisotopic (exact) mass is 331 g/mol. The number of methoxy groups -OCH3 is 2. The Morgan fingerprint density at radius 1 is 1.29 bits per heavy atom. The van der Waals surface area contributed by atoms with Crippen molar-refractivity contribution in [1.29, 1.82) is 0 Å². The van der Waals surface area contributed by atoms with Crippen LogP contribution in [0.2, 0.25) is 0 Å². The molecule has 1 aliphatic carbocycles. The molecule has 0 amide bonds. The van der Waals surface area contributed by atoms with E-state index >= 15 is 0 Å². The summed E-state index contributed by atoms with van der Waals surface area (Å²) in [4.78, 5) is 13.4. The number of carbonyl (C=O) groups is 1. The lowest BCUT2D eigenvalue weighted by atomic mass is 9.67. The van der Waals surface area contributed by atoms with E-state index < -0.39 is 5.97 Å². The van der Waals surface area contributed by atoms with Crippen molar-refractivity contribution < 1.29 is 19.4 Å². The Morgan fingerprint density at radius 3 is 2.71 bits per heavy atom. The second-order valence-electron chi connectivity index (χ2n) is 6.80. The molecule has 24 heavy (non-hydrogen) atoms. The molecule has 1 fully saturated rings. The molecule has 0 aromatic heterocycles. The Labute approximate surface area is 142 Å². The molecule has 1 N–H and O–H groups in total. The molecule has 1 saturated heterocycles. The van der Waals surface area contributed by atoms with E-state index in [0.717, 1.165) is 42.9 Å². The highest BCUT2D eigenvalue weighted by atomic mass is 16.5. The Balaban J connectivity index is 2.00. The summed E-state index contributed by atoms with van der Waals surface area (Å²) >= 11 is 0. The van der Waals surface area contributed by atoms with Gasteiger partial charge in [0.05, 0.1) is 20.6 Å². The van der Waals surface area contributed by atoms with Gasteiger partial charge in [0, 0.05) is 11.5 Å². The minimum atomic E-state index is -0.750. The van der Waals surface area contributed by atoms with Gasteiger partial charge in [0.1, 0.15) is 0 Å². The molecule has 0 bridgehead atoms. The Bertz CT molecular complexity index is 669. The van der Waals surface area contributed by atoms with Crippen LogP contribution in [0.4, 0.5) is 0 Å². The number of hydrogen-bond acceptors (Lipinski definition) is 4. The maximum atomic E-state index is 11.1. The van der Waals surface area contributed by atoms with E-state index in [9.17, 15) is 4.79 Å². The molecule has 1 aromatic rings. The smallest absolute Gasteiger partial charge is 0.307 e. The first-order chi connectivity index (χ1) is 11.5. The Hall–Kier alpha value is -2.01. The summed E-state index contributed by atoms with van der Waals surface area (Å²) in [6, 6.07) is 6.41. The maximum Gasteiger partial charge on any atom is 0.307 e. The average Bonchev–Trinajstić information content (AvgIpc) is 2.91. The summed E-state index contributed by atoms with van der Waals surface area (Å²) < 4.78 is 10.8. The van der Waals surface area contributed by atoms with Crippen LogP contribution in [-0.2, 0) is 10.2 Å². The number of benzene rings is 1. The van der Waals surface area contributed by atoms with E-state index in [2.05, 4.69) is 30.2 Å². The van der Waals surface area contributed by atoms with Crippen molar-refractivity contribution in [1.82, 2.24) is 4.90 Å². The van der Waals surface area contributed by atoms with Gasteiger partial charge in [0.15, 0.2) is 11.5 Å². The first kappa shape index (κ1) is 16.8. The van der Waals surface area contributed by atoms with Gasteiger partial charge in [-0.2, -0.15) is 0 Å². The predicted octanol–water partition coefficient (Wildman–Crippen LogP) is 2.84. The Morgan fingerprint density at radius 2 is 2.04 bits per heavy atom. The van der Waals surface area contributed by atoms with Crippen LogP contribution in [0.15, 0.2) is 29.8 Å². The molecule has 1 heterocycles. The summed E-state index contributed by atoms with van der Waals surface area (Å²) in [7, 11) is 5.42. The summed E-state index contributed by atoms with van der Waals surface area (Å²) in [5, 5.41) is 9.09. The van der Waals surface area contributed by atoms with E-state index in [4.69, 9.17) is 14.6 Å². The van der Waals surface area contributed by atoms with Crippen LogP contribution in [0.5, 0.6) is 11.5 Å². The second kappa shape index (κ2) is 6.48. The number of hydrogen-bond donors (Lipinski definition) is 1. The first-order valence-electron chi connectivity index (χ1n) is 8.34. The fourth-order valence-corrected chi connectivity index (χ4v) is 4.28. The molecule has 0 spiro atoms. The molecule has 1 aromatic carbocycles. The SMILES string of the molecule is COc1ccc([C@@]23CCC(CC(=O)O)=C[C@@H]2N(C)CC3)cc1OC. The lowest BCUT2D eigenvalue weighted by Crippen LogP contribution is -2.42. The van der Waals surface area contributed by atoms with Crippen LogP contribution < -0.4 is 9.47 Å². The minimum absolute atomic E-state index is 0.0241. The molecular weight excluding hydrogens is 306 g/mol. The molecule has 0 unspecified atom stereocenters. The van der Waals surface area contributed by atoms with E-state index in [1.807, 2.05) is 6.07 Å². The van der Waals surface area contributed by atoms with Gasteiger partial charge in [-0.25, -0.2) is 0 Å². The van der Waals surface area contributed by atoms with Gasteiger partial charge in [-0.05, 0) is 50.6 Å². The van der Waals surface area contributed by atoms with Crippen molar-refractivity contribution in [3.63, 3.8) is 0 Å². The van der Waals surface area contributed by atoms with Gasteiger partial charge in [0.2, 0.25) is 0 Å². The fraction of sp³-hybridized carbons (Fsp3) is 0.526. The molecule has 2 atom stereocenters. The van der Waals surface area contributed by atoms with Crippen molar-refractivity contribution in [2.45, 2.75) is 37.1 Å². The molecule has 3 rings (SSSR count). The van der Waals surface area contributed by atoms with Crippen molar-refractivity contribution in [2.75, 3.05) is 27.8 Å². The number of carboxylic acid groups (broad SMARTS) is 1. The van der Waals surface area contributed by atoms with Crippen molar-refractivity contribution in [3.8, 4) is 11.5 Å². The number of rotatable bonds is 5. The Kier molecular flexibility index (Phi) is 4.54. The first-order valence-corrected chi connectivity index (χ1v) is 8.34. The predicted molar refractivity (Wildman–Crippen MR) is 91.8 cm³/mol. The number of likely N-dealkylation sites (N-methyl/N-ethyl adjacent to an activating group) is 1. The summed E-state index contributed by atoms with van der Waals surface area (Å²) in [5.74, 6) is 0.733. The van der Waals surface area contributed by atoms with E-state index in [1.54, 1.807) is 14.2 Å². The van der Waals surface area contributed by atoms with Gasteiger partial charge in [-0.15, -0.1) is 0 Å². The molecular formula is C19H25NO4.